The van der Waals surface area contributed by atoms with Crippen LogP contribution < -0.4 is 5.32 Å². The quantitative estimate of drug-likeness (QED) is 0.518. The molecule has 2 N–H and O–H groups in total. The van der Waals surface area contributed by atoms with Crippen LogP contribution in [0.4, 0.5) is 0 Å². The first kappa shape index (κ1) is 16.4. The first-order valence-electron chi connectivity index (χ1n) is 6.76. The molecule has 0 radical (unpaired) electrons. The zero-order valence-corrected chi connectivity index (χ0v) is 11.2. The van der Waals surface area contributed by atoms with Gasteiger partial charge in [-0.2, -0.15) is 0 Å². The van der Waals surface area contributed by atoms with Crippen LogP contribution >= 0.6 is 0 Å². The summed E-state index contributed by atoms with van der Waals surface area (Å²) in [5, 5.41) is 11.9. The normalized spacial score (nSPS) is 12.6. The Labute approximate surface area is 105 Å². The Morgan fingerprint density at radius 1 is 1.18 bits per heavy atom. The molecule has 0 fully saturated rings. The molecule has 0 aliphatic rings. The van der Waals surface area contributed by atoms with Gasteiger partial charge in [0.1, 0.15) is 6.04 Å². The van der Waals surface area contributed by atoms with Crippen molar-refractivity contribution in [2.75, 3.05) is 19.8 Å². The molecular weight excluding hydrogens is 218 g/mol. The molecule has 17 heavy (non-hydrogen) atoms. The number of rotatable bonds is 12. The van der Waals surface area contributed by atoms with E-state index in [9.17, 15) is 4.79 Å². The van der Waals surface area contributed by atoms with Crippen LogP contribution in [0.5, 0.6) is 0 Å². The highest BCUT2D eigenvalue weighted by Gasteiger charge is 2.15. The monoisotopic (exact) mass is 245 g/mol. The average Bonchev–Trinajstić information content (AvgIpc) is 2.31. The molecule has 1 atom stereocenters. The Bertz CT molecular complexity index is 186. The summed E-state index contributed by atoms with van der Waals surface area (Å²) >= 11 is 0. The standard InChI is InChI=1S/C13H27NO3/c1-3-5-6-7-8-10-17-11-12(13(15)16)14-9-4-2/h12,14H,3-11H2,1-2H3,(H,15,16). The summed E-state index contributed by atoms with van der Waals surface area (Å²) in [6.07, 6.45) is 6.89. The molecule has 0 aliphatic carbocycles. The maximum atomic E-state index is 10.9. The van der Waals surface area contributed by atoms with Crippen LogP contribution in [-0.4, -0.2) is 36.9 Å². The lowest BCUT2D eigenvalue weighted by atomic mass is 10.2. The number of carboxylic acid groups (broad SMARTS) is 1. The molecule has 0 bridgehead atoms. The third-order valence-electron chi connectivity index (χ3n) is 2.62. The molecule has 4 nitrogen and oxygen atoms in total. The van der Waals surface area contributed by atoms with Gasteiger partial charge in [0.05, 0.1) is 6.61 Å². The van der Waals surface area contributed by atoms with E-state index in [0.29, 0.717) is 6.61 Å². The molecule has 0 saturated heterocycles. The number of carboxylic acids is 1. The van der Waals surface area contributed by atoms with E-state index < -0.39 is 12.0 Å². The van der Waals surface area contributed by atoms with Gasteiger partial charge in [0.25, 0.3) is 0 Å². The van der Waals surface area contributed by atoms with Gasteiger partial charge in [-0.1, -0.05) is 39.5 Å². The smallest absolute Gasteiger partial charge is 0.323 e. The van der Waals surface area contributed by atoms with Gasteiger partial charge >= 0.3 is 5.97 Å². The lowest BCUT2D eigenvalue weighted by Gasteiger charge is -2.14. The summed E-state index contributed by atoms with van der Waals surface area (Å²) in [5.41, 5.74) is 0. The van der Waals surface area contributed by atoms with E-state index >= 15 is 0 Å². The maximum absolute atomic E-state index is 10.9. The fourth-order valence-electron chi connectivity index (χ4n) is 1.54. The Morgan fingerprint density at radius 2 is 1.88 bits per heavy atom. The van der Waals surface area contributed by atoms with Gasteiger partial charge in [-0.15, -0.1) is 0 Å². The van der Waals surface area contributed by atoms with Crippen LogP contribution in [0.3, 0.4) is 0 Å². The summed E-state index contributed by atoms with van der Waals surface area (Å²) in [6, 6.07) is -0.564. The first-order chi connectivity index (χ1) is 8.22. The lowest BCUT2D eigenvalue weighted by molar-refractivity contribution is -0.141. The minimum Gasteiger partial charge on any atom is -0.480 e. The molecule has 0 aliphatic heterocycles. The van der Waals surface area contributed by atoms with E-state index in [-0.39, 0.29) is 6.61 Å². The van der Waals surface area contributed by atoms with Crippen molar-refractivity contribution in [3.63, 3.8) is 0 Å². The van der Waals surface area contributed by atoms with Crippen LogP contribution in [0.2, 0.25) is 0 Å². The number of hydrogen-bond acceptors (Lipinski definition) is 3. The number of nitrogens with one attached hydrogen (secondary N) is 1. The molecule has 4 heteroatoms. The van der Waals surface area contributed by atoms with E-state index in [2.05, 4.69) is 12.2 Å². The Kier molecular flexibility index (Phi) is 11.4. The number of carbonyl (C=O) groups is 1. The molecule has 102 valence electrons. The zero-order chi connectivity index (χ0) is 12.9. The minimum absolute atomic E-state index is 0.267. The Balaban J connectivity index is 3.44. The van der Waals surface area contributed by atoms with Crippen molar-refractivity contribution in [1.82, 2.24) is 5.32 Å². The second-order valence-corrected chi connectivity index (χ2v) is 4.33. The van der Waals surface area contributed by atoms with Crippen molar-refractivity contribution in [3.05, 3.63) is 0 Å². The van der Waals surface area contributed by atoms with Gasteiger partial charge in [0.2, 0.25) is 0 Å². The summed E-state index contributed by atoms with van der Waals surface area (Å²) in [4.78, 5) is 10.9. The highest BCUT2D eigenvalue weighted by atomic mass is 16.5. The third-order valence-corrected chi connectivity index (χ3v) is 2.62. The van der Waals surface area contributed by atoms with Crippen molar-refractivity contribution in [2.45, 2.75) is 58.4 Å². The largest absolute Gasteiger partial charge is 0.480 e. The summed E-state index contributed by atoms with van der Waals surface area (Å²) in [5.74, 6) is -0.829. The SMILES string of the molecule is CCCCCCCOCC(NCCC)C(=O)O. The highest BCUT2D eigenvalue weighted by molar-refractivity contribution is 5.73. The van der Waals surface area contributed by atoms with E-state index in [1.807, 2.05) is 6.92 Å². The number of unbranched alkanes of at least 4 members (excludes halogenated alkanes) is 4. The van der Waals surface area contributed by atoms with E-state index in [4.69, 9.17) is 9.84 Å². The van der Waals surface area contributed by atoms with Crippen LogP contribution in [0, 0.1) is 0 Å². The van der Waals surface area contributed by atoms with E-state index in [1.54, 1.807) is 0 Å². The van der Waals surface area contributed by atoms with Gasteiger partial charge in [0.15, 0.2) is 0 Å². The maximum Gasteiger partial charge on any atom is 0.323 e. The van der Waals surface area contributed by atoms with Gasteiger partial charge in [0, 0.05) is 6.61 Å². The van der Waals surface area contributed by atoms with Crippen molar-refractivity contribution >= 4 is 5.97 Å². The van der Waals surface area contributed by atoms with Crippen LogP contribution in [-0.2, 0) is 9.53 Å². The fraction of sp³-hybridized carbons (Fsp3) is 0.923. The summed E-state index contributed by atoms with van der Waals surface area (Å²) in [6.45, 7) is 5.86. The molecule has 0 saturated carbocycles. The van der Waals surface area contributed by atoms with Crippen molar-refractivity contribution in [1.29, 1.82) is 0 Å². The zero-order valence-electron chi connectivity index (χ0n) is 11.2. The van der Waals surface area contributed by atoms with Gasteiger partial charge in [-0.3, -0.25) is 4.79 Å². The minimum atomic E-state index is -0.829. The van der Waals surface area contributed by atoms with Gasteiger partial charge < -0.3 is 15.2 Å². The van der Waals surface area contributed by atoms with E-state index in [0.717, 1.165) is 19.4 Å². The van der Waals surface area contributed by atoms with Gasteiger partial charge in [-0.05, 0) is 19.4 Å². The highest BCUT2D eigenvalue weighted by Crippen LogP contribution is 2.02. The Hall–Kier alpha value is -0.610. The molecule has 0 aromatic rings. The fourth-order valence-corrected chi connectivity index (χ4v) is 1.54. The summed E-state index contributed by atoms with van der Waals surface area (Å²) < 4.78 is 5.39. The number of hydrogen-bond donors (Lipinski definition) is 2. The second-order valence-electron chi connectivity index (χ2n) is 4.33. The average molecular weight is 245 g/mol. The topological polar surface area (TPSA) is 58.6 Å². The Morgan fingerprint density at radius 3 is 2.47 bits per heavy atom. The predicted octanol–water partition coefficient (Wildman–Crippen LogP) is 2.43. The van der Waals surface area contributed by atoms with Crippen molar-refractivity contribution in [3.8, 4) is 0 Å². The third kappa shape index (κ3) is 10.3. The first-order valence-corrected chi connectivity index (χ1v) is 6.76. The molecule has 1 unspecified atom stereocenters. The molecule has 0 rings (SSSR count). The van der Waals surface area contributed by atoms with Crippen LogP contribution in [0.25, 0.3) is 0 Å². The van der Waals surface area contributed by atoms with Gasteiger partial charge in [-0.25, -0.2) is 0 Å². The second kappa shape index (κ2) is 11.9. The van der Waals surface area contributed by atoms with Crippen molar-refractivity contribution < 1.29 is 14.6 Å². The number of aliphatic carboxylic acids is 1. The number of ether oxygens (including phenoxy) is 1. The molecule has 0 aromatic heterocycles. The molecule has 0 spiro atoms. The molecule has 0 amide bonds. The van der Waals surface area contributed by atoms with Crippen molar-refractivity contribution in [2.24, 2.45) is 0 Å². The van der Waals surface area contributed by atoms with Crippen LogP contribution in [0.1, 0.15) is 52.4 Å². The van der Waals surface area contributed by atoms with Crippen LogP contribution in [0.15, 0.2) is 0 Å². The predicted molar refractivity (Wildman–Crippen MR) is 69.3 cm³/mol. The molecular formula is C13H27NO3. The lowest BCUT2D eigenvalue weighted by Crippen LogP contribution is -2.41. The molecule has 0 heterocycles. The summed E-state index contributed by atoms with van der Waals surface area (Å²) in [7, 11) is 0. The molecule has 0 aromatic carbocycles. The van der Waals surface area contributed by atoms with E-state index in [1.165, 1.54) is 25.7 Å².